The Morgan fingerprint density at radius 3 is 2.42 bits per heavy atom. The number of carbonyl (C=O) groups is 1. The lowest BCUT2D eigenvalue weighted by Crippen LogP contribution is -2.36. The Morgan fingerprint density at radius 1 is 1.32 bits per heavy atom. The summed E-state index contributed by atoms with van der Waals surface area (Å²) in [4.78, 5) is 13.3. The number of hydrogen-bond donors (Lipinski definition) is 2. The number of nitrogens with zero attached hydrogens (tertiary/aromatic N) is 1. The Hall–Kier alpha value is -0.910. The fourth-order valence-corrected chi connectivity index (χ4v) is 2.84. The molecule has 1 saturated heterocycles. The molecule has 0 bridgehead atoms. The molecular weight excluding hydrogens is 308 g/mol. The normalized spacial score (nSPS) is 19.3. The highest BCUT2D eigenvalue weighted by Crippen LogP contribution is 2.29. The van der Waals surface area contributed by atoms with Crippen molar-refractivity contribution < 1.29 is 9.90 Å². The maximum atomic E-state index is 11.0. The number of aliphatic carboxylic acids is 1. The first-order valence-corrected chi connectivity index (χ1v) is 7.35. The molecule has 3 N–H and O–H groups in total. The number of hydrogen-bond acceptors (Lipinski definition) is 3. The zero-order chi connectivity index (χ0) is 13.8. The van der Waals surface area contributed by atoms with Gasteiger partial charge in [-0.05, 0) is 50.0 Å². The van der Waals surface area contributed by atoms with Crippen molar-refractivity contribution in [2.45, 2.75) is 31.3 Å². The van der Waals surface area contributed by atoms with Crippen molar-refractivity contribution in [2.75, 3.05) is 13.1 Å². The second-order valence-electron chi connectivity index (χ2n) is 4.99. The van der Waals surface area contributed by atoms with E-state index in [0.29, 0.717) is 6.42 Å². The van der Waals surface area contributed by atoms with Gasteiger partial charge in [-0.2, -0.15) is 0 Å². The molecule has 0 radical (unpaired) electrons. The summed E-state index contributed by atoms with van der Waals surface area (Å²) in [5.41, 5.74) is 6.86. The van der Waals surface area contributed by atoms with E-state index in [1.54, 1.807) is 0 Å². The Labute approximate surface area is 121 Å². The maximum Gasteiger partial charge on any atom is 0.320 e. The van der Waals surface area contributed by atoms with Crippen LogP contribution in [0, 0.1) is 0 Å². The quantitative estimate of drug-likeness (QED) is 0.871. The molecule has 1 fully saturated rings. The number of likely N-dealkylation sites (tertiary alicyclic amines) is 1. The first-order chi connectivity index (χ1) is 9.08. The van der Waals surface area contributed by atoms with E-state index in [2.05, 4.69) is 20.8 Å². The van der Waals surface area contributed by atoms with Crippen molar-refractivity contribution in [1.82, 2.24) is 4.90 Å². The van der Waals surface area contributed by atoms with E-state index < -0.39 is 12.0 Å². The molecule has 104 valence electrons. The molecule has 19 heavy (non-hydrogen) atoms. The summed E-state index contributed by atoms with van der Waals surface area (Å²) in [6.07, 6.45) is 2.81. The molecule has 1 aromatic carbocycles. The molecule has 5 heteroatoms. The van der Waals surface area contributed by atoms with Crippen LogP contribution in [0.15, 0.2) is 28.7 Å². The smallest absolute Gasteiger partial charge is 0.320 e. The topological polar surface area (TPSA) is 66.6 Å². The van der Waals surface area contributed by atoms with E-state index in [1.165, 1.54) is 12.8 Å². The van der Waals surface area contributed by atoms with Gasteiger partial charge in [0.1, 0.15) is 6.04 Å². The van der Waals surface area contributed by atoms with Gasteiger partial charge in [-0.3, -0.25) is 9.69 Å². The average molecular weight is 327 g/mol. The molecule has 1 aliphatic rings. The van der Waals surface area contributed by atoms with Crippen LogP contribution >= 0.6 is 15.9 Å². The summed E-state index contributed by atoms with van der Waals surface area (Å²) < 4.78 is 1.03. The molecular formula is C14H19BrN2O2. The highest BCUT2D eigenvalue weighted by Gasteiger charge is 2.27. The van der Waals surface area contributed by atoms with Crippen LogP contribution in [0.5, 0.6) is 0 Å². The molecule has 0 unspecified atom stereocenters. The summed E-state index contributed by atoms with van der Waals surface area (Å²) in [5.74, 6) is -0.929. The van der Waals surface area contributed by atoms with Crippen molar-refractivity contribution in [2.24, 2.45) is 5.73 Å². The molecule has 2 rings (SSSR count). The predicted molar refractivity (Wildman–Crippen MR) is 77.9 cm³/mol. The summed E-state index contributed by atoms with van der Waals surface area (Å²) in [5, 5.41) is 9.01. The molecule has 0 saturated carbocycles. The molecule has 4 nitrogen and oxygen atoms in total. The van der Waals surface area contributed by atoms with E-state index in [-0.39, 0.29) is 6.04 Å². The van der Waals surface area contributed by atoms with E-state index >= 15 is 0 Å². The van der Waals surface area contributed by atoms with Crippen molar-refractivity contribution in [3.63, 3.8) is 0 Å². The summed E-state index contributed by atoms with van der Waals surface area (Å²) in [6.45, 7) is 2.04. The third kappa shape index (κ3) is 3.78. The van der Waals surface area contributed by atoms with E-state index in [1.807, 2.05) is 24.3 Å². The van der Waals surface area contributed by atoms with E-state index in [0.717, 1.165) is 23.1 Å². The lowest BCUT2D eigenvalue weighted by Gasteiger charge is -2.29. The zero-order valence-electron chi connectivity index (χ0n) is 10.8. The van der Waals surface area contributed by atoms with Gasteiger partial charge < -0.3 is 10.8 Å². The number of nitrogens with two attached hydrogens (primary N) is 1. The average Bonchev–Trinajstić information content (AvgIpc) is 2.90. The number of rotatable bonds is 5. The van der Waals surface area contributed by atoms with Crippen LogP contribution in [0.3, 0.4) is 0 Å². The van der Waals surface area contributed by atoms with Gasteiger partial charge in [-0.15, -0.1) is 0 Å². The minimum absolute atomic E-state index is 0.0988. The largest absolute Gasteiger partial charge is 0.480 e. The van der Waals surface area contributed by atoms with Gasteiger partial charge in [-0.1, -0.05) is 28.1 Å². The second kappa shape index (κ2) is 6.50. The minimum atomic E-state index is -0.929. The van der Waals surface area contributed by atoms with Gasteiger partial charge in [0.05, 0.1) is 0 Å². The first-order valence-electron chi connectivity index (χ1n) is 6.56. The monoisotopic (exact) mass is 326 g/mol. The third-order valence-corrected chi connectivity index (χ3v) is 4.16. The third-order valence-electron chi connectivity index (χ3n) is 3.63. The Balaban J connectivity index is 2.17. The lowest BCUT2D eigenvalue weighted by molar-refractivity contribution is -0.139. The van der Waals surface area contributed by atoms with Crippen LogP contribution in [0.4, 0.5) is 0 Å². The summed E-state index contributed by atoms with van der Waals surface area (Å²) in [6, 6.07) is 7.36. The van der Waals surface area contributed by atoms with Gasteiger partial charge in [-0.25, -0.2) is 0 Å². The van der Waals surface area contributed by atoms with Gasteiger partial charge in [0, 0.05) is 10.5 Å². The maximum absolute atomic E-state index is 11.0. The first kappa shape index (κ1) is 14.5. The molecule has 1 aromatic rings. The zero-order valence-corrected chi connectivity index (χ0v) is 12.3. The fourth-order valence-electron chi connectivity index (χ4n) is 2.58. The molecule has 2 atom stereocenters. The van der Waals surface area contributed by atoms with Gasteiger partial charge in [0.25, 0.3) is 0 Å². The highest BCUT2D eigenvalue weighted by atomic mass is 79.9. The molecule has 0 spiro atoms. The minimum Gasteiger partial charge on any atom is -0.480 e. The van der Waals surface area contributed by atoms with Crippen LogP contribution < -0.4 is 5.73 Å². The molecule has 0 aromatic heterocycles. The molecule has 0 amide bonds. The number of carboxylic acids is 1. The van der Waals surface area contributed by atoms with Crippen LogP contribution in [-0.4, -0.2) is 35.1 Å². The van der Waals surface area contributed by atoms with Crippen LogP contribution in [0.25, 0.3) is 0 Å². The van der Waals surface area contributed by atoms with Crippen molar-refractivity contribution in [3.8, 4) is 0 Å². The van der Waals surface area contributed by atoms with E-state index in [9.17, 15) is 4.79 Å². The molecule has 0 aliphatic carbocycles. The second-order valence-corrected chi connectivity index (χ2v) is 5.91. The fraction of sp³-hybridized carbons (Fsp3) is 0.500. The summed E-state index contributed by atoms with van der Waals surface area (Å²) in [7, 11) is 0. The van der Waals surface area contributed by atoms with Gasteiger partial charge in [0.15, 0.2) is 0 Å². The van der Waals surface area contributed by atoms with Crippen molar-refractivity contribution in [3.05, 3.63) is 34.3 Å². The number of carboxylic acid groups (broad SMARTS) is 1. The van der Waals surface area contributed by atoms with E-state index in [4.69, 9.17) is 10.8 Å². The van der Waals surface area contributed by atoms with Gasteiger partial charge >= 0.3 is 5.97 Å². The number of halogens is 1. The molecule has 1 heterocycles. The molecule has 1 aliphatic heterocycles. The van der Waals surface area contributed by atoms with Crippen LogP contribution in [0.2, 0.25) is 0 Å². The van der Waals surface area contributed by atoms with Crippen LogP contribution in [-0.2, 0) is 4.79 Å². The standard InChI is InChI=1S/C14H19BrN2O2/c15-11-5-3-10(4-6-11)13(9-12(16)14(18)19)17-7-1-2-8-17/h3-6,12-13H,1-2,7-9,16H2,(H,18,19)/t12-,13-/m0/s1. The Kier molecular flexibility index (Phi) is 4.96. The number of benzene rings is 1. The lowest BCUT2D eigenvalue weighted by atomic mass is 9.98. The predicted octanol–water partition coefficient (Wildman–Crippen LogP) is 2.39. The Morgan fingerprint density at radius 2 is 1.89 bits per heavy atom. The SMILES string of the molecule is N[C@@H](C[C@@H](c1ccc(Br)cc1)N1CCCC1)C(=O)O. The highest BCUT2D eigenvalue weighted by molar-refractivity contribution is 9.10. The van der Waals surface area contributed by atoms with Crippen LogP contribution in [0.1, 0.15) is 30.9 Å². The van der Waals surface area contributed by atoms with Crippen molar-refractivity contribution in [1.29, 1.82) is 0 Å². The summed E-state index contributed by atoms with van der Waals surface area (Å²) >= 11 is 3.42. The Bertz CT molecular complexity index is 430. The van der Waals surface area contributed by atoms with Gasteiger partial charge in [0.2, 0.25) is 0 Å². The van der Waals surface area contributed by atoms with Crippen molar-refractivity contribution >= 4 is 21.9 Å².